The monoisotopic (exact) mass is 424 g/mol. The quantitative estimate of drug-likeness (QED) is 0.680. The number of furan rings is 1. The van der Waals surface area contributed by atoms with Crippen LogP contribution >= 0.6 is 0 Å². The maximum atomic E-state index is 13.2. The first-order valence-corrected chi connectivity index (χ1v) is 11.1. The van der Waals surface area contributed by atoms with E-state index in [1.54, 1.807) is 18.4 Å². The van der Waals surface area contributed by atoms with Crippen LogP contribution in [0.25, 0.3) is 0 Å². The summed E-state index contributed by atoms with van der Waals surface area (Å²) in [6, 6.07) is 12.3. The van der Waals surface area contributed by atoms with Crippen molar-refractivity contribution >= 4 is 5.91 Å². The van der Waals surface area contributed by atoms with E-state index in [1.807, 2.05) is 17.0 Å². The van der Waals surface area contributed by atoms with E-state index < -0.39 is 6.04 Å². The summed E-state index contributed by atoms with van der Waals surface area (Å²) in [7, 11) is 0. The molecule has 1 saturated carbocycles. The molecule has 0 spiro atoms. The van der Waals surface area contributed by atoms with Crippen LogP contribution in [0.3, 0.4) is 0 Å². The van der Waals surface area contributed by atoms with Crippen molar-refractivity contribution in [3.8, 4) is 6.07 Å². The Labute approximate surface area is 182 Å². The van der Waals surface area contributed by atoms with Crippen LogP contribution in [0.15, 0.2) is 47.1 Å². The zero-order valence-electron chi connectivity index (χ0n) is 17.8. The van der Waals surface area contributed by atoms with Crippen LogP contribution in [-0.4, -0.2) is 59.4 Å². The summed E-state index contributed by atoms with van der Waals surface area (Å²) in [4.78, 5) is 19.3. The van der Waals surface area contributed by atoms with Gasteiger partial charge in [-0.1, -0.05) is 25.0 Å². The zero-order chi connectivity index (χ0) is 21.6. The van der Waals surface area contributed by atoms with Gasteiger partial charge in [-0.15, -0.1) is 0 Å². The molecule has 0 unspecified atom stereocenters. The third kappa shape index (κ3) is 5.33. The van der Waals surface area contributed by atoms with Crippen molar-refractivity contribution in [2.75, 3.05) is 32.7 Å². The summed E-state index contributed by atoms with van der Waals surface area (Å²) in [6.45, 7) is 3.50. The van der Waals surface area contributed by atoms with Gasteiger partial charge in [0, 0.05) is 32.2 Å². The number of carbonyl (C=O) groups excluding carboxylic acids is 1. The summed E-state index contributed by atoms with van der Waals surface area (Å²) in [5, 5.41) is 9.66. The van der Waals surface area contributed by atoms with Crippen molar-refractivity contribution < 1.29 is 13.6 Å². The van der Waals surface area contributed by atoms with Gasteiger partial charge in [-0.2, -0.15) is 5.26 Å². The molecule has 1 aromatic carbocycles. The molecule has 6 nitrogen and oxygen atoms in total. The number of halogens is 1. The molecule has 1 saturated heterocycles. The average Bonchev–Trinajstić information content (AvgIpc) is 3.50. The minimum atomic E-state index is -0.424. The summed E-state index contributed by atoms with van der Waals surface area (Å²) in [5.41, 5.74) is 0.787. The SMILES string of the molecule is N#C[C@@H](c1ccc(F)cc1)N1CCN(C(=O)CN(Cc2ccco2)C2CCCC2)CC1. The Kier molecular flexibility index (Phi) is 7.00. The molecule has 2 aliphatic rings. The third-order valence-electron chi connectivity index (χ3n) is 6.46. The van der Waals surface area contributed by atoms with Crippen LogP contribution in [-0.2, 0) is 11.3 Å². The van der Waals surface area contributed by atoms with E-state index >= 15 is 0 Å². The first-order chi connectivity index (χ1) is 15.1. The van der Waals surface area contributed by atoms with Crippen molar-refractivity contribution in [3.63, 3.8) is 0 Å². The van der Waals surface area contributed by atoms with Crippen LogP contribution in [0.1, 0.15) is 43.0 Å². The van der Waals surface area contributed by atoms with E-state index in [4.69, 9.17) is 4.42 Å². The van der Waals surface area contributed by atoms with E-state index in [-0.39, 0.29) is 11.7 Å². The van der Waals surface area contributed by atoms with Gasteiger partial charge < -0.3 is 9.32 Å². The summed E-state index contributed by atoms with van der Waals surface area (Å²) in [6.07, 6.45) is 6.36. The lowest BCUT2D eigenvalue weighted by Crippen LogP contribution is -2.52. The Morgan fingerprint density at radius 3 is 2.48 bits per heavy atom. The molecule has 164 valence electrons. The van der Waals surface area contributed by atoms with Crippen LogP contribution < -0.4 is 0 Å². The average molecular weight is 425 g/mol. The number of nitrogens with zero attached hydrogens (tertiary/aromatic N) is 4. The van der Waals surface area contributed by atoms with Crippen LogP contribution in [0.2, 0.25) is 0 Å². The lowest BCUT2D eigenvalue weighted by molar-refractivity contribution is -0.135. The van der Waals surface area contributed by atoms with Gasteiger partial charge in [0.25, 0.3) is 0 Å². The molecule has 1 amide bonds. The fourth-order valence-electron chi connectivity index (χ4n) is 4.70. The lowest BCUT2D eigenvalue weighted by Gasteiger charge is -2.38. The lowest BCUT2D eigenvalue weighted by atomic mass is 10.1. The van der Waals surface area contributed by atoms with E-state index in [9.17, 15) is 14.4 Å². The normalized spacial score (nSPS) is 18.9. The number of carbonyl (C=O) groups is 1. The molecular formula is C24H29FN4O2. The Bertz CT molecular complexity index is 879. The number of nitriles is 1. The van der Waals surface area contributed by atoms with Crippen molar-refractivity contribution in [2.24, 2.45) is 0 Å². The molecule has 2 aromatic rings. The van der Waals surface area contributed by atoms with Crippen LogP contribution in [0, 0.1) is 17.1 Å². The van der Waals surface area contributed by atoms with Gasteiger partial charge in [-0.05, 0) is 42.7 Å². The summed E-state index contributed by atoms with van der Waals surface area (Å²) in [5.74, 6) is 0.714. The molecule has 1 aliphatic carbocycles. The smallest absolute Gasteiger partial charge is 0.236 e. The molecule has 0 bridgehead atoms. The van der Waals surface area contributed by atoms with Crippen molar-refractivity contribution in [3.05, 3.63) is 59.8 Å². The fourth-order valence-corrected chi connectivity index (χ4v) is 4.70. The number of benzene rings is 1. The van der Waals surface area contributed by atoms with Gasteiger partial charge >= 0.3 is 0 Å². The number of hydrogen-bond donors (Lipinski definition) is 0. The minimum absolute atomic E-state index is 0.133. The molecule has 31 heavy (non-hydrogen) atoms. The van der Waals surface area contributed by atoms with Gasteiger partial charge in [-0.25, -0.2) is 4.39 Å². The Morgan fingerprint density at radius 2 is 1.87 bits per heavy atom. The highest BCUT2D eigenvalue weighted by Gasteiger charge is 2.30. The first kappa shape index (κ1) is 21.5. The van der Waals surface area contributed by atoms with Gasteiger partial charge in [0.1, 0.15) is 17.6 Å². The molecule has 0 radical (unpaired) electrons. The third-order valence-corrected chi connectivity index (χ3v) is 6.46. The van der Waals surface area contributed by atoms with Gasteiger partial charge in [0.2, 0.25) is 5.91 Å². The maximum absolute atomic E-state index is 13.2. The summed E-state index contributed by atoms with van der Waals surface area (Å²) >= 11 is 0. The molecule has 1 aromatic heterocycles. The molecule has 0 N–H and O–H groups in total. The molecule has 4 rings (SSSR count). The molecule has 2 heterocycles. The predicted molar refractivity (Wildman–Crippen MR) is 114 cm³/mol. The Balaban J connectivity index is 1.34. The number of amides is 1. The van der Waals surface area contributed by atoms with E-state index in [1.165, 1.54) is 25.0 Å². The van der Waals surface area contributed by atoms with Gasteiger partial charge in [-0.3, -0.25) is 14.6 Å². The van der Waals surface area contributed by atoms with Crippen molar-refractivity contribution in [2.45, 2.75) is 44.3 Å². The number of rotatable bonds is 7. The first-order valence-electron chi connectivity index (χ1n) is 11.1. The highest BCUT2D eigenvalue weighted by molar-refractivity contribution is 5.78. The predicted octanol–water partition coefficient (Wildman–Crippen LogP) is 3.57. The van der Waals surface area contributed by atoms with Crippen molar-refractivity contribution in [1.29, 1.82) is 5.26 Å². The minimum Gasteiger partial charge on any atom is -0.468 e. The topological polar surface area (TPSA) is 63.7 Å². The zero-order valence-corrected chi connectivity index (χ0v) is 17.8. The van der Waals surface area contributed by atoms with Crippen molar-refractivity contribution in [1.82, 2.24) is 14.7 Å². The highest BCUT2D eigenvalue weighted by atomic mass is 19.1. The standard InChI is InChI=1S/C24H29FN4O2/c25-20-9-7-19(8-10-20)23(16-26)27-11-13-28(14-12-27)24(30)18-29(21-4-1-2-5-21)17-22-6-3-15-31-22/h3,6-10,15,21,23H,1-2,4-5,11-14,17-18H2/t23-/m0/s1. The largest absolute Gasteiger partial charge is 0.468 e. The highest BCUT2D eigenvalue weighted by Crippen LogP contribution is 2.26. The number of hydrogen-bond acceptors (Lipinski definition) is 5. The Morgan fingerprint density at radius 1 is 1.16 bits per heavy atom. The van der Waals surface area contributed by atoms with Gasteiger partial charge in [0.15, 0.2) is 0 Å². The molecule has 2 fully saturated rings. The van der Waals surface area contributed by atoms with E-state index in [0.29, 0.717) is 45.3 Å². The second kappa shape index (κ2) is 10.1. The fraction of sp³-hybridized carbons (Fsp3) is 0.500. The molecule has 7 heteroatoms. The van der Waals surface area contributed by atoms with Crippen LogP contribution in [0.5, 0.6) is 0 Å². The maximum Gasteiger partial charge on any atom is 0.236 e. The second-order valence-corrected chi connectivity index (χ2v) is 8.42. The Hall–Kier alpha value is -2.69. The van der Waals surface area contributed by atoms with E-state index in [2.05, 4.69) is 15.9 Å². The second-order valence-electron chi connectivity index (χ2n) is 8.42. The summed E-state index contributed by atoms with van der Waals surface area (Å²) < 4.78 is 18.7. The van der Waals surface area contributed by atoms with E-state index in [0.717, 1.165) is 24.2 Å². The number of piperazine rings is 1. The molecule has 1 atom stereocenters. The molecule has 1 aliphatic heterocycles. The van der Waals surface area contributed by atoms with Crippen LogP contribution in [0.4, 0.5) is 4.39 Å². The molecular weight excluding hydrogens is 395 g/mol. The van der Waals surface area contributed by atoms with Gasteiger partial charge in [0.05, 0.1) is 25.4 Å².